The van der Waals surface area contributed by atoms with Crippen LogP contribution in [0.3, 0.4) is 0 Å². The highest BCUT2D eigenvalue weighted by molar-refractivity contribution is 6.31. The minimum Gasteiger partial charge on any atom is -0.487 e. The molecule has 2 amide bonds. The molecule has 0 unspecified atom stereocenters. The number of imidazole rings is 1. The molecule has 2 aliphatic carbocycles. The number of aryl methyl sites for hydroxylation is 1. The lowest BCUT2D eigenvalue weighted by Gasteiger charge is -2.45. The number of carboxylic acid groups (broad SMARTS) is 1. The SMILES string of the molecule is Cn1cnc(COc2ccc(Cl)c3c2[C@@H](CN2CC4(CC4)CC2=O)N(C(=O)[C@@H]2CCCC[C@]2(C)C(=O)O)CC3)c1. The van der Waals surface area contributed by atoms with Crippen LogP contribution in [0, 0.1) is 16.7 Å². The lowest BCUT2D eigenvalue weighted by molar-refractivity contribution is -0.162. The van der Waals surface area contributed by atoms with Crippen molar-refractivity contribution in [1.82, 2.24) is 19.4 Å². The highest BCUT2D eigenvalue weighted by atomic mass is 35.5. The number of ether oxygens (including phenoxy) is 1. The average molecular weight is 569 g/mol. The fourth-order valence-electron chi connectivity index (χ4n) is 7.11. The lowest BCUT2D eigenvalue weighted by Crippen LogP contribution is -2.52. The predicted molar refractivity (Wildman–Crippen MR) is 148 cm³/mol. The number of carbonyl (C=O) groups excluding carboxylic acids is 2. The predicted octanol–water partition coefficient (Wildman–Crippen LogP) is 4.37. The average Bonchev–Trinajstić information content (AvgIpc) is 3.42. The molecule has 1 N–H and O–H groups in total. The molecule has 6 rings (SSSR count). The van der Waals surface area contributed by atoms with Crippen LogP contribution in [0.15, 0.2) is 24.7 Å². The van der Waals surface area contributed by atoms with Crippen LogP contribution in [-0.2, 0) is 34.5 Å². The van der Waals surface area contributed by atoms with Gasteiger partial charge in [0, 0.05) is 49.9 Å². The van der Waals surface area contributed by atoms with E-state index in [1.165, 1.54) is 0 Å². The fourth-order valence-corrected chi connectivity index (χ4v) is 7.37. The van der Waals surface area contributed by atoms with E-state index in [1.807, 2.05) is 39.7 Å². The summed E-state index contributed by atoms with van der Waals surface area (Å²) in [7, 11) is 1.90. The Hall–Kier alpha value is -3.07. The largest absolute Gasteiger partial charge is 0.487 e. The van der Waals surface area contributed by atoms with E-state index < -0.39 is 23.3 Å². The molecule has 10 heteroatoms. The monoisotopic (exact) mass is 568 g/mol. The van der Waals surface area contributed by atoms with Crippen molar-refractivity contribution in [2.24, 2.45) is 23.8 Å². The number of aromatic nitrogens is 2. The standard InChI is InChI=1S/C30H37ClN4O5/c1-29(28(38)39)9-4-3-5-21(29)27(37)35-12-8-20-22(31)6-7-24(40-16-19-14-33(2)18-32-19)26(20)23(35)15-34-17-30(10-11-30)13-25(34)36/h6-7,14,18,21,23H,3-5,8-13,15-17H2,1-2H3,(H,38,39)/t21-,23+,29-/m0/s1. The molecule has 3 heterocycles. The zero-order valence-electron chi connectivity index (χ0n) is 23.2. The Kier molecular flexibility index (Phi) is 6.84. The summed E-state index contributed by atoms with van der Waals surface area (Å²) in [5.74, 6) is -0.965. The van der Waals surface area contributed by atoms with Crippen LogP contribution in [0.1, 0.15) is 74.7 Å². The minimum atomic E-state index is -1.12. The molecule has 0 radical (unpaired) electrons. The maximum atomic E-state index is 14.3. The summed E-state index contributed by atoms with van der Waals surface area (Å²) in [6.07, 6.45) is 9.46. The van der Waals surface area contributed by atoms with Gasteiger partial charge in [-0.1, -0.05) is 24.4 Å². The van der Waals surface area contributed by atoms with Crippen molar-refractivity contribution in [2.45, 2.75) is 70.9 Å². The molecule has 1 aromatic heterocycles. The molecule has 4 aliphatic rings. The van der Waals surface area contributed by atoms with Crippen molar-refractivity contribution in [3.05, 3.63) is 46.5 Å². The third kappa shape index (κ3) is 4.76. The Balaban J connectivity index is 1.38. The normalized spacial score (nSPS) is 27.1. The maximum absolute atomic E-state index is 14.3. The highest BCUT2D eigenvalue weighted by Crippen LogP contribution is 2.54. The molecule has 40 heavy (non-hydrogen) atoms. The van der Waals surface area contributed by atoms with Gasteiger partial charge >= 0.3 is 5.97 Å². The Morgan fingerprint density at radius 1 is 1.23 bits per heavy atom. The van der Waals surface area contributed by atoms with Crippen molar-refractivity contribution >= 4 is 29.4 Å². The first-order valence-electron chi connectivity index (χ1n) is 14.3. The highest BCUT2D eigenvalue weighted by Gasteiger charge is 2.53. The first-order chi connectivity index (χ1) is 19.1. The van der Waals surface area contributed by atoms with Crippen LogP contribution >= 0.6 is 11.6 Å². The first-order valence-corrected chi connectivity index (χ1v) is 14.7. The van der Waals surface area contributed by atoms with Crippen LogP contribution < -0.4 is 4.74 Å². The Morgan fingerprint density at radius 3 is 2.70 bits per heavy atom. The van der Waals surface area contributed by atoms with E-state index in [2.05, 4.69) is 4.98 Å². The topological polar surface area (TPSA) is 105 Å². The molecule has 1 aromatic carbocycles. The minimum absolute atomic E-state index is 0.0846. The number of hydrogen-bond acceptors (Lipinski definition) is 5. The number of carboxylic acids is 1. The van der Waals surface area contributed by atoms with Gasteiger partial charge in [0.1, 0.15) is 12.4 Å². The van der Waals surface area contributed by atoms with Gasteiger partial charge in [0.25, 0.3) is 0 Å². The third-order valence-corrected chi connectivity index (χ3v) is 10.1. The van der Waals surface area contributed by atoms with Crippen molar-refractivity contribution in [1.29, 1.82) is 0 Å². The summed E-state index contributed by atoms with van der Waals surface area (Å²) in [5, 5.41) is 10.8. The maximum Gasteiger partial charge on any atom is 0.310 e. The summed E-state index contributed by atoms with van der Waals surface area (Å²) in [5.41, 5.74) is 1.48. The van der Waals surface area contributed by atoms with Crippen LogP contribution in [-0.4, -0.2) is 61.9 Å². The fraction of sp³-hybridized carbons (Fsp3) is 0.600. The van der Waals surface area contributed by atoms with Crippen LogP contribution in [0.5, 0.6) is 5.75 Å². The molecule has 1 spiro atoms. The van der Waals surface area contributed by atoms with Crippen molar-refractivity contribution in [3.8, 4) is 5.75 Å². The van der Waals surface area contributed by atoms with E-state index in [4.69, 9.17) is 16.3 Å². The van der Waals surface area contributed by atoms with Crippen LogP contribution in [0.25, 0.3) is 0 Å². The van der Waals surface area contributed by atoms with Gasteiger partial charge in [-0.25, -0.2) is 4.98 Å². The van der Waals surface area contributed by atoms with Gasteiger partial charge in [-0.15, -0.1) is 0 Å². The number of carbonyl (C=O) groups is 3. The number of benzene rings is 1. The molecule has 2 aromatic rings. The van der Waals surface area contributed by atoms with E-state index in [9.17, 15) is 19.5 Å². The number of halogens is 1. The van der Waals surface area contributed by atoms with Gasteiger partial charge < -0.3 is 24.2 Å². The number of aliphatic carboxylic acids is 1. The van der Waals surface area contributed by atoms with Gasteiger partial charge in [0.2, 0.25) is 11.8 Å². The van der Waals surface area contributed by atoms with Gasteiger partial charge in [-0.3, -0.25) is 14.4 Å². The van der Waals surface area contributed by atoms with E-state index in [1.54, 1.807) is 13.3 Å². The Labute approximate surface area is 239 Å². The number of hydrogen-bond donors (Lipinski definition) is 1. The molecular formula is C30H37ClN4O5. The zero-order valence-corrected chi connectivity index (χ0v) is 24.0. The number of amides is 2. The van der Waals surface area contributed by atoms with Crippen molar-refractivity contribution in [3.63, 3.8) is 0 Å². The van der Waals surface area contributed by atoms with Crippen molar-refractivity contribution < 1.29 is 24.2 Å². The second-order valence-corrected chi connectivity index (χ2v) is 12.9. The Morgan fingerprint density at radius 2 is 2.02 bits per heavy atom. The quantitative estimate of drug-likeness (QED) is 0.532. The molecule has 2 aliphatic heterocycles. The second-order valence-electron chi connectivity index (χ2n) is 12.5. The molecule has 2 saturated carbocycles. The summed E-state index contributed by atoms with van der Waals surface area (Å²) in [4.78, 5) is 48.0. The summed E-state index contributed by atoms with van der Waals surface area (Å²) >= 11 is 6.73. The number of rotatable bonds is 7. The van der Waals surface area contributed by atoms with E-state index in [0.717, 1.165) is 42.5 Å². The molecule has 1 saturated heterocycles. The zero-order chi connectivity index (χ0) is 28.2. The number of fused-ring (bicyclic) bond motifs is 1. The molecule has 3 fully saturated rings. The van der Waals surface area contributed by atoms with Crippen LogP contribution in [0.4, 0.5) is 0 Å². The summed E-state index contributed by atoms with van der Waals surface area (Å²) in [6.45, 7) is 3.42. The summed E-state index contributed by atoms with van der Waals surface area (Å²) in [6, 6.07) is 3.18. The van der Waals surface area contributed by atoms with Crippen molar-refractivity contribution in [2.75, 3.05) is 19.6 Å². The number of likely N-dealkylation sites (tertiary alicyclic amines) is 1. The molecule has 0 bridgehead atoms. The molecule has 214 valence electrons. The van der Waals surface area contributed by atoms with Gasteiger partial charge in [-0.2, -0.15) is 0 Å². The van der Waals surface area contributed by atoms with E-state index in [0.29, 0.717) is 56.1 Å². The second kappa shape index (κ2) is 10.1. The lowest BCUT2D eigenvalue weighted by atomic mass is 9.66. The van der Waals surface area contributed by atoms with Gasteiger partial charge in [0.15, 0.2) is 0 Å². The number of nitrogens with zero attached hydrogens (tertiary/aromatic N) is 4. The molecular weight excluding hydrogens is 532 g/mol. The van der Waals surface area contributed by atoms with Crippen LogP contribution in [0.2, 0.25) is 5.02 Å². The van der Waals surface area contributed by atoms with E-state index >= 15 is 0 Å². The first kappa shape index (κ1) is 27.1. The third-order valence-electron chi connectivity index (χ3n) is 9.74. The molecule has 3 atom stereocenters. The summed E-state index contributed by atoms with van der Waals surface area (Å²) < 4.78 is 8.17. The smallest absolute Gasteiger partial charge is 0.310 e. The molecule has 9 nitrogen and oxygen atoms in total. The van der Waals surface area contributed by atoms with Gasteiger partial charge in [0.05, 0.1) is 29.4 Å². The van der Waals surface area contributed by atoms with Gasteiger partial charge in [-0.05, 0) is 62.1 Å². The van der Waals surface area contributed by atoms with E-state index in [-0.39, 0.29) is 23.8 Å². The Bertz CT molecular complexity index is 1350.